The molecule has 0 saturated carbocycles. The van der Waals surface area contributed by atoms with Gasteiger partial charge in [0.05, 0.1) is 0 Å². The van der Waals surface area contributed by atoms with Gasteiger partial charge in [-0.1, -0.05) is 12.1 Å². The molecule has 2 heterocycles. The first-order valence-corrected chi connectivity index (χ1v) is 9.32. The Morgan fingerprint density at radius 3 is 2.35 bits per heavy atom. The van der Waals surface area contributed by atoms with E-state index in [9.17, 15) is 4.79 Å². The molecule has 3 rings (SSSR count). The lowest BCUT2D eigenvalue weighted by molar-refractivity contribution is 0.0739. The lowest BCUT2D eigenvalue weighted by Crippen LogP contribution is -2.49. The zero-order valence-corrected chi connectivity index (χ0v) is 15.9. The minimum atomic E-state index is -0.0347. The molecule has 0 unspecified atom stereocenters. The lowest BCUT2D eigenvalue weighted by Gasteiger charge is -2.36. The maximum Gasteiger partial charge on any atom is 0.274 e. The molecule has 1 aromatic heterocycles. The predicted octanol–water partition coefficient (Wildman–Crippen LogP) is 2.59. The third-order valence-corrected chi connectivity index (χ3v) is 4.89. The van der Waals surface area contributed by atoms with Crippen molar-refractivity contribution in [2.45, 2.75) is 20.8 Å². The molecule has 26 heavy (non-hydrogen) atoms. The average Bonchev–Trinajstić information content (AvgIpc) is 2.69. The second kappa shape index (κ2) is 8.17. The summed E-state index contributed by atoms with van der Waals surface area (Å²) in [6.45, 7) is 11.1. The van der Waals surface area contributed by atoms with Crippen LogP contribution in [0.4, 0.5) is 11.5 Å². The Kier molecular flexibility index (Phi) is 5.71. The fourth-order valence-electron chi connectivity index (χ4n) is 3.31. The van der Waals surface area contributed by atoms with Gasteiger partial charge >= 0.3 is 0 Å². The molecule has 0 N–H and O–H groups in total. The summed E-state index contributed by atoms with van der Waals surface area (Å²) in [4.78, 5) is 19.0. The number of piperazine rings is 1. The maximum atomic E-state index is 12.7. The number of rotatable bonds is 5. The van der Waals surface area contributed by atoms with Crippen molar-refractivity contribution >= 4 is 17.4 Å². The smallest absolute Gasteiger partial charge is 0.274 e. The van der Waals surface area contributed by atoms with E-state index < -0.39 is 0 Å². The highest BCUT2D eigenvalue weighted by atomic mass is 16.2. The third kappa shape index (κ3) is 3.95. The van der Waals surface area contributed by atoms with E-state index in [1.54, 1.807) is 6.07 Å². The number of aryl methyl sites for hydroxylation is 1. The molecule has 0 spiro atoms. The molecule has 1 aromatic carbocycles. The number of amides is 1. The van der Waals surface area contributed by atoms with Crippen LogP contribution in [0.2, 0.25) is 0 Å². The van der Waals surface area contributed by atoms with Crippen molar-refractivity contribution in [3.63, 3.8) is 0 Å². The van der Waals surface area contributed by atoms with Gasteiger partial charge in [-0.3, -0.25) is 4.79 Å². The summed E-state index contributed by atoms with van der Waals surface area (Å²) < 4.78 is 0. The van der Waals surface area contributed by atoms with Crippen LogP contribution >= 0.6 is 0 Å². The topological polar surface area (TPSA) is 52.6 Å². The van der Waals surface area contributed by atoms with Crippen LogP contribution in [0.25, 0.3) is 0 Å². The Morgan fingerprint density at radius 2 is 1.77 bits per heavy atom. The SMILES string of the molecule is CCN(CC)c1ccc(C(=O)N2CCN(c3cccc(C)c3)CC2)nn1. The van der Waals surface area contributed by atoms with Gasteiger partial charge in [-0.2, -0.15) is 0 Å². The highest BCUT2D eigenvalue weighted by molar-refractivity contribution is 5.92. The van der Waals surface area contributed by atoms with Crippen LogP contribution in [0.15, 0.2) is 36.4 Å². The van der Waals surface area contributed by atoms with E-state index in [2.05, 4.69) is 65.0 Å². The predicted molar refractivity (Wildman–Crippen MR) is 105 cm³/mol. The molecule has 0 aliphatic carbocycles. The zero-order valence-electron chi connectivity index (χ0n) is 15.9. The molecule has 1 aliphatic rings. The summed E-state index contributed by atoms with van der Waals surface area (Å²) in [6.07, 6.45) is 0. The highest BCUT2D eigenvalue weighted by Crippen LogP contribution is 2.18. The average molecular weight is 353 g/mol. The summed E-state index contributed by atoms with van der Waals surface area (Å²) in [6, 6.07) is 12.2. The number of carbonyl (C=O) groups is 1. The van der Waals surface area contributed by atoms with Gasteiger partial charge < -0.3 is 14.7 Å². The molecule has 6 heteroatoms. The third-order valence-electron chi connectivity index (χ3n) is 4.89. The summed E-state index contributed by atoms with van der Waals surface area (Å²) >= 11 is 0. The Hall–Kier alpha value is -2.63. The van der Waals surface area contributed by atoms with Crippen LogP contribution in [-0.2, 0) is 0 Å². The molecule has 138 valence electrons. The van der Waals surface area contributed by atoms with E-state index in [1.807, 2.05) is 11.0 Å². The van der Waals surface area contributed by atoms with Gasteiger partial charge in [0, 0.05) is 45.0 Å². The van der Waals surface area contributed by atoms with Crippen molar-refractivity contribution in [2.24, 2.45) is 0 Å². The molecule has 0 bridgehead atoms. The first kappa shape index (κ1) is 18.2. The molecule has 2 aromatic rings. The molecule has 1 fully saturated rings. The number of hydrogen-bond acceptors (Lipinski definition) is 5. The lowest BCUT2D eigenvalue weighted by atomic mass is 10.2. The largest absolute Gasteiger partial charge is 0.368 e. The summed E-state index contributed by atoms with van der Waals surface area (Å²) in [7, 11) is 0. The summed E-state index contributed by atoms with van der Waals surface area (Å²) in [5.41, 5.74) is 2.90. The van der Waals surface area contributed by atoms with Gasteiger partial charge in [0.1, 0.15) is 0 Å². The number of benzene rings is 1. The number of anilines is 2. The second-order valence-electron chi connectivity index (χ2n) is 6.57. The molecule has 0 radical (unpaired) electrons. The quantitative estimate of drug-likeness (QED) is 0.827. The molecule has 1 aliphatic heterocycles. The van der Waals surface area contributed by atoms with E-state index >= 15 is 0 Å². The minimum Gasteiger partial charge on any atom is -0.368 e. The van der Waals surface area contributed by atoms with E-state index in [-0.39, 0.29) is 5.91 Å². The molecule has 1 saturated heterocycles. The van der Waals surface area contributed by atoms with Gasteiger partial charge in [0.2, 0.25) is 0 Å². The second-order valence-corrected chi connectivity index (χ2v) is 6.57. The van der Waals surface area contributed by atoms with E-state index in [0.29, 0.717) is 18.8 Å². The number of aromatic nitrogens is 2. The molecular weight excluding hydrogens is 326 g/mol. The summed E-state index contributed by atoms with van der Waals surface area (Å²) in [5.74, 6) is 0.781. The molecule has 1 amide bonds. The Bertz CT molecular complexity index is 734. The van der Waals surface area contributed by atoms with Crippen LogP contribution in [0.5, 0.6) is 0 Å². The molecule has 0 atom stereocenters. The first-order valence-electron chi connectivity index (χ1n) is 9.32. The van der Waals surface area contributed by atoms with Crippen molar-refractivity contribution in [3.05, 3.63) is 47.7 Å². The zero-order chi connectivity index (χ0) is 18.5. The molecular formula is C20H27N5O. The monoisotopic (exact) mass is 353 g/mol. The Morgan fingerprint density at radius 1 is 1.04 bits per heavy atom. The van der Waals surface area contributed by atoms with E-state index in [4.69, 9.17) is 0 Å². The summed E-state index contributed by atoms with van der Waals surface area (Å²) in [5, 5.41) is 8.39. The van der Waals surface area contributed by atoms with E-state index in [1.165, 1.54) is 11.3 Å². The van der Waals surface area contributed by atoms with Crippen LogP contribution in [0, 0.1) is 6.92 Å². The first-order chi connectivity index (χ1) is 12.6. The van der Waals surface area contributed by atoms with Crippen molar-refractivity contribution in [1.29, 1.82) is 0 Å². The van der Waals surface area contributed by atoms with Crippen LogP contribution in [0.3, 0.4) is 0 Å². The Labute approximate surface area is 155 Å². The standard InChI is InChI=1S/C20H27N5O/c1-4-23(5-2)19-10-9-18(21-22-19)20(26)25-13-11-24(12-14-25)17-8-6-7-16(3)15-17/h6-10,15H,4-5,11-14H2,1-3H3. The number of hydrogen-bond donors (Lipinski definition) is 0. The van der Waals surface area contributed by atoms with Crippen LogP contribution in [0.1, 0.15) is 29.9 Å². The van der Waals surface area contributed by atoms with E-state index in [0.717, 1.165) is 32.0 Å². The van der Waals surface area contributed by atoms with Crippen molar-refractivity contribution in [1.82, 2.24) is 15.1 Å². The van der Waals surface area contributed by atoms with Crippen LogP contribution < -0.4 is 9.80 Å². The highest BCUT2D eigenvalue weighted by Gasteiger charge is 2.23. The van der Waals surface area contributed by atoms with Gasteiger partial charge in [-0.05, 0) is 50.6 Å². The van der Waals surface area contributed by atoms with Crippen LogP contribution in [-0.4, -0.2) is 60.3 Å². The van der Waals surface area contributed by atoms with Gasteiger partial charge in [-0.15, -0.1) is 10.2 Å². The minimum absolute atomic E-state index is 0.0347. The number of carbonyl (C=O) groups excluding carboxylic acids is 1. The van der Waals surface area contributed by atoms with Gasteiger partial charge in [-0.25, -0.2) is 0 Å². The normalized spacial score (nSPS) is 14.4. The van der Waals surface area contributed by atoms with Crippen molar-refractivity contribution in [3.8, 4) is 0 Å². The Balaban J connectivity index is 1.61. The van der Waals surface area contributed by atoms with Crippen molar-refractivity contribution in [2.75, 3.05) is 49.1 Å². The van der Waals surface area contributed by atoms with Gasteiger partial charge in [0.25, 0.3) is 5.91 Å². The molecule has 6 nitrogen and oxygen atoms in total. The fourth-order valence-corrected chi connectivity index (χ4v) is 3.31. The van der Waals surface area contributed by atoms with Gasteiger partial charge in [0.15, 0.2) is 11.5 Å². The number of nitrogens with zero attached hydrogens (tertiary/aromatic N) is 5. The van der Waals surface area contributed by atoms with Crippen molar-refractivity contribution < 1.29 is 4.79 Å². The maximum absolute atomic E-state index is 12.7. The fraction of sp³-hybridized carbons (Fsp3) is 0.450.